The van der Waals surface area contributed by atoms with Crippen molar-refractivity contribution in [3.63, 3.8) is 0 Å². The topological polar surface area (TPSA) is 58.0 Å². The SMILES string of the molecule is Cc1cc2ncnc(Nc3ccc(O)cc3Cl)c2cc1C. The zero-order valence-corrected chi connectivity index (χ0v) is 12.4. The number of aromatic nitrogens is 2. The first kappa shape index (κ1) is 13.6. The number of hydrogen-bond acceptors (Lipinski definition) is 4. The zero-order valence-electron chi connectivity index (χ0n) is 11.7. The van der Waals surface area contributed by atoms with Gasteiger partial charge in [0.2, 0.25) is 0 Å². The summed E-state index contributed by atoms with van der Waals surface area (Å²) >= 11 is 6.12. The van der Waals surface area contributed by atoms with Gasteiger partial charge in [-0.25, -0.2) is 9.97 Å². The first-order chi connectivity index (χ1) is 10.0. The Hall–Kier alpha value is -2.33. The van der Waals surface area contributed by atoms with Gasteiger partial charge in [0.25, 0.3) is 0 Å². The third-order valence-corrected chi connectivity index (χ3v) is 3.77. The van der Waals surface area contributed by atoms with Crippen LogP contribution in [0.5, 0.6) is 5.75 Å². The number of benzene rings is 2. The predicted octanol–water partition coefficient (Wildman–Crippen LogP) is 4.35. The van der Waals surface area contributed by atoms with Gasteiger partial charge in [-0.2, -0.15) is 0 Å². The Kier molecular flexibility index (Phi) is 3.39. The molecule has 3 aromatic rings. The number of phenols is 1. The summed E-state index contributed by atoms with van der Waals surface area (Å²) in [6.45, 7) is 4.11. The first-order valence-corrected chi connectivity index (χ1v) is 6.90. The molecule has 0 amide bonds. The first-order valence-electron chi connectivity index (χ1n) is 6.52. The lowest BCUT2D eigenvalue weighted by Gasteiger charge is -2.11. The quantitative estimate of drug-likeness (QED) is 0.691. The van der Waals surface area contributed by atoms with E-state index in [9.17, 15) is 5.11 Å². The van der Waals surface area contributed by atoms with Crippen LogP contribution in [0.1, 0.15) is 11.1 Å². The minimum atomic E-state index is 0.129. The molecule has 5 heteroatoms. The largest absolute Gasteiger partial charge is 0.508 e. The highest BCUT2D eigenvalue weighted by Crippen LogP contribution is 2.31. The molecule has 0 unspecified atom stereocenters. The summed E-state index contributed by atoms with van der Waals surface area (Å²) in [7, 11) is 0. The van der Waals surface area contributed by atoms with Gasteiger partial charge >= 0.3 is 0 Å². The number of hydrogen-bond donors (Lipinski definition) is 2. The van der Waals surface area contributed by atoms with Crippen molar-refractivity contribution in [3.8, 4) is 5.75 Å². The maximum Gasteiger partial charge on any atom is 0.141 e. The van der Waals surface area contributed by atoms with Crippen LogP contribution in [-0.2, 0) is 0 Å². The highest BCUT2D eigenvalue weighted by Gasteiger charge is 2.08. The standard InChI is InChI=1S/C16H14ClN3O/c1-9-5-12-15(6-10(9)2)18-8-19-16(12)20-14-4-3-11(21)7-13(14)17/h3-8,21H,1-2H3,(H,18,19,20). The molecule has 1 heterocycles. The highest BCUT2D eigenvalue weighted by molar-refractivity contribution is 6.33. The minimum absolute atomic E-state index is 0.129. The molecule has 0 aliphatic heterocycles. The van der Waals surface area contributed by atoms with Gasteiger partial charge in [-0.15, -0.1) is 0 Å². The van der Waals surface area contributed by atoms with E-state index in [0.29, 0.717) is 16.5 Å². The van der Waals surface area contributed by atoms with Crippen LogP contribution in [0.2, 0.25) is 5.02 Å². The van der Waals surface area contributed by atoms with Gasteiger partial charge in [-0.3, -0.25) is 0 Å². The number of rotatable bonds is 2. The molecule has 1 aromatic heterocycles. The average molecular weight is 300 g/mol. The Bertz CT molecular complexity index is 833. The summed E-state index contributed by atoms with van der Waals surface area (Å²) in [5.41, 5.74) is 3.94. The Morgan fingerprint density at radius 3 is 2.57 bits per heavy atom. The molecular weight excluding hydrogens is 286 g/mol. The summed E-state index contributed by atoms with van der Waals surface area (Å²) in [5.74, 6) is 0.820. The number of anilines is 2. The second-order valence-electron chi connectivity index (χ2n) is 4.97. The fourth-order valence-corrected chi connectivity index (χ4v) is 2.37. The van der Waals surface area contributed by atoms with E-state index in [-0.39, 0.29) is 5.75 Å². The summed E-state index contributed by atoms with van der Waals surface area (Å²) < 4.78 is 0. The Balaban J connectivity index is 2.10. The number of aryl methyl sites for hydroxylation is 2. The van der Waals surface area contributed by atoms with Crippen molar-refractivity contribution in [1.82, 2.24) is 9.97 Å². The van der Waals surface area contributed by atoms with E-state index in [1.807, 2.05) is 6.07 Å². The van der Waals surface area contributed by atoms with E-state index >= 15 is 0 Å². The molecule has 4 nitrogen and oxygen atoms in total. The Labute approximate surface area is 127 Å². The molecule has 0 radical (unpaired) electrons. The molecule has 21 heavy (non-hydrogen) atoms. The molecule has 0 aliphatic carbocycles. The minimum Gasteiger partial charge on any atom is -0.508 e. The third-order valence-electron chi connectivity index (χ3n) is 3.46. The number of halogens is 1. The van der Waals surface area contributed by atoms with Crippen molar-refractivity contribution in [1.29, 1.82) is 0 Å². The van der Waals surface area contributed by atoms with Crippen LogP contribution in [0, 0.1) is 13.8 Å². The maximum absolute atomic E-state index is 9.40. The van der Waals surface area contributed by atoms with Crippen LogP contribution in [0.4, 0.5) is 11.5 Å². The van der Waals surface area contributed by atoms with Crippen molar-refractivity contribution >= 4 is 34.0 Å². The van der Waals surface area contributed by atoms with Gasteiger partial charge in [-0.1, -0.05) is 11.6 Å². The smallest absolute Gasteiger partial charge is 0.141 e. The molecule has 106 valence electrons. The van der Waals surface area contributed by atoms with Crippen molar-refractivity contribution in [3.05, 3.63) is 52.8 Å². The summed E-state index contributed by atoms with van der Waals surface area (Å²) in [6.07, 6.45) is 1.52. The average Bonchev–Trinajstić information content (AvgIpc) is 2.44. The lowest BCUT2D eigenvalue weighted by atomic mass is 10.1. The number of aromatic hydroxyl groups is 1. The van der Waals surface area contributed by atoms with Crippen LogP contribution in [-0.4, -0.2) is 15.1 Å². The summed E-state index contributed by atoms with van der Waals surface area (Å²) in [5, 5.41) is 14.0. The molecule has 0 aliphatic rings. The Morgan fingerprint density at radius 1 is 1.05 bits per heavy atom. The zero-order chi connectivity index (χ0) is 15.0. The number of nitrogens with one attached hydrogen (secondary N) is 1. The van der Waals surface area contributed by atoms with Crippen LogP contribution in [0.3, 0.4) is 0 Å². The predicted molar refractivity (Wildman–Crippen MR) is 85.4 cm³/mol. The van der Waals surface area contributed by atoms with E-state index in [1.165, 1.54) is 23.5 Å². The number of phenolic OH excluding ortho intramolecular Hbond substituents is 1. The van der Waals surface area contributed by atoms with Crippen molar-refractivity contribution in [2.75, 3.05) is 5.32 Å². The molecule has 2 aromatic carbocycles. The second-order valence-corrected chi connectivity index (χ2v) is 5.37. The van der Waals surface area contributed by atoms with Crippen LogP contribution >= 0.6 is 11.6 Å². The van der Waals surface area contributed by atoms with Crippen molar-refractivity contribution in [2.24, 2.45) is 0 Å². The molecular formula is C16H14ClN3O. The maximum atomic E-state index is 9.40. The fourth-order valence-electron chi connectivity index (χ4n) is 2.15. The molecule has 0 saturated carbocycles. The normalized spacial score (nSPS) is 10.8. The molecule has 2 N–H and O–H groups in total. The molecule has 0 bridgehead atoms. The molecule has 0 spiro atoms. The second kappa shape index (κ2) is 5.22. The van der Waals surface area contributed by atoms with Gasteiger partial charge < -0.3 is 10.4 Å². The molecule has 3 rings (SSSR count). The van der Waals surface area contributed by atoms with Crippen LogP contribution in [0.15, 0.2) is 36.7 Å². The summed E-state index contributed by atoms with van der Waals surface area (Å²) in [6, 6.07) is 8.87. The monoisotopic (exact) mass is 299 g/mol. The van der Waals surface area contributed by atoms with Crippen molar-refractivity contribution < 1.29 is 5.11 Å². The number of fused-ring (bicyclic) bond motifs is 1. The van der Waals surface area contributed by atoms with E-state index < -0.39 is 0 Å². The van der Waals surface area contributed by atoms with Gasteiger partial charge in [-0.05, 0) is 49.2 Å². The number of nitrogens with zero attached hydrogens (tertiary/aromatic N) is 2. The highest BCUT2D eigenvalue weighted by atomic mass is 35.5. The van der Waals surface area contributed by atoms with E-state index in [4.69, 9.17) is 11.6 Å². The van der Waals surface area contributed by atoms with Gasteiger partial charge in [0.15, 0.2) is 0 Å². The molecule has 0 saturated heterocycles. The third kappa shape index (κ3) is 2.62. The van der Waals surface area contributed by atoms with E-state index in [1.54, 1.807) is 12.1 Å². The molecule has 0 atom stereocenters. The van der Waals surface area contributed by atoms with Gasteiger partial charge in [0.05, 0.1) is 16.2 Å². The summed E-state index contributed by atoms with van der Waals surface area (Å²) in [4.78, 5) is 8.59. The fraction of sp³-hybridized carbons (Fsp3) is 0.125. The lowest BCUT2D eigenvalue weighted by molar-refractivity contribution is 0.475. The van der Waals surface area contributed by atoms with Crippen molar-refractivity contribution in [2.45, 2.75) is 13.8 Å². The van der Waals surface area contributed by atoms with E-state index in [0.717, 1.165) is 10.9 Å². The van der Waals surface area contributed by atoms with Crippen LogP contribution < -0.4 is 5.32 Å². The molecule has 0 fully saturated rings. The van der Waals surface area contributed by atoms with Crippen LogP contribution in [0.25, 0.3) is 10.9 Å². The lowest BCUT2D eigenvalue weighted by Crippen LogP contribution is -1.97. The van der Waals surface area contributed by atoms with Gasteiger partial charge in [0.1, 0.15) is 17.9 Å². The van der Waals surface area contributed by atoms with Gasteiger partial charge in [0, 0.05) is 11.5 Å². The Morgan fingerprint density at radius 2 is 1.81 bits per heavy atom. The van der Waals surface area contributed by atoms with E-state index in [2.05, 4.69) is 35.2 Å².